The van der Waals surface area contributed by atoms with Crippen LogP contribution in [0.2, 0.25) is 5.02 Å². The van der Waals surface area contributed by atoms with Crippen LogP contribution in [-0.4, -0.2) is 29.8 Å². The van der Waals surface area contributed by atoms with E-state index in [2.05, 4.69) is 4.98 Å². The fourth-order valence-electron chi connectivity index (χ4n) is 3.46. The zero-order chi connectivity index (χ0) is 22.1. The van der Waals surface area contributed by atoms with Crippen molar-refractivity contribution in [2.45, 2.75) is 13.0 Å². The summed E-state index contributed by atoms with van der Waals surface area (Å²) in [6, 6.07) is 14.7. The van der Waals surface area contributed by atoms with E-state index in [0.717, 1.165) is 16.0 Å². The minimum atomic E-state index is -0.122. The molecule has 1 aliphatic heterocycles. The topological polar surface area (TPSA) is 73.8 Å². The molecule has 1 amide bonds. The van der Waals surface area contributed by atoms with Gasteiger partial charge in [-0.3, -0.25) is 14.7 Å². The maximum absolute atomic E-state index is 13.5. The number of halogens is 1. The van der Waals surface area contributed by atoms with E-state index < -0.39 is 0 Å². The third kappa shape index (κ3) is 3.94. The number of ether oxygens (including phenoxy) is 3. The van der Waals surface area contributed by atoms with Gasteiger partial charge in [-0.25, -0.2) is 4.98 Å². The zero-order valence-corrected chi connectivity index (χ0v) is 18.7. The number of rotatable bonds is 6. The van der Waals surface area contributed by atoms with Crippen LogP contribution in [0.1, 0.15) is 11.3 Å². The molecule has 0 spiro atoms. The summed E-state index contributed by atoms with van der Waals surface area (Å²) >= 11 is 7.75. The second-order valence-corrected chi connectivity index (χ2v) is 8.47. The van der Waals surface area contributed by atoms with Crippen LogP contribution in [0.25, 0.3) is 10.2 Å². The maximum Gasteiger partial charge on any atom is 0.233 e. The Hall–Kier alpha value is -3.36. The second-order valence-electron chi connectivity index (χ2n) is 7.09. The van der Waals surface area contributed by atoms with Gasteiger partial charge in [0.2, 0.25) is 12.7 Å². The van der Waals surface area contributed by atoms with Crippen molar-refractivity contribution in [2.75, 3.05) is 18.8 Å². The van der Waals surface area contributed by atoms with Crippen molar-refractivity contribution in [1.29, 1.82) is 0 Å². The number of carbonyl (C=O) groups excluding carboxylic acids is 1. The first-order valence-corrected chi connectivity index (χ1v) is 11.0. The molecule has 0 fully saturated rings. The van der Waals surface area contributed by atoms with Crippen molar-refractivity contribution in [3.8, 4) is 17.2 Å². The number of methoxy groups -OCH3 is 1. The average molecular weight is 468 g/mol. The lowest BCUT2D eigenvalue weighted by Gasteiger charge is -2.19. The summed E-state index contributed by atoms with van der Waals surface area (Å²) in [6.07, 6.45) is 1.87. The standard InChI is InChI=1S/C23H18ClN3O4S/c1-29-18-8-6-16(24)22-21(18)26-23(32-22)27(12-15-4-2-3-9-25-15)20(28)11-14-5-7-17-19(10-14)31-13-30-17/h2-10H,11-13H2,1H3. The van der Waals surface area contributed by atoms with Gasteiger partial charge in [0, 0.05) is 6.20 Å². The van der Waals surface area contributed by atoms with Crippen LogP contribution >= 0.6 is 22.9 Å². The highest BCUT2D eigenvalue weighted by molar-refractivity contribution is 7.23. The SMILES string of the molecule is COc1ccc(Cl)c2sc(N(Cc3ccccn3)C(=O)Cc3ccc4c(c3)OCO4)nc12. The Labute approximate surface area is 193 Å². The van der Waals surface area contributed by atoms with Gasteiger partial charge in [-0.2, -0.15) is 0 Å². The van der Waals surface area contributed by atoms with Crippen molar-refractivity contribution in [1.82, 2.24) is 9.97 Å². The number of hydrogen-bond acceptors (Lipinski definition) is 7. The van der Waals surface area contributed by atoms with Crippen LogP contribution in [-0.2, 0) is 17.8 Å². The van der Waals surface area contributed by atoms with Crippen LogP contribution in [0.4, 0.5) is 5.13 Å². The number of thiazole rings is 1. The normalized spacial score (nSPS) is 12.2. The average Bonchev–Trinajstić information content (AvgIpc) is 3.46. The predicted molar refractivity (Wildman–Crippen MR) is 123 cm³/mol. The molecule has 2 aromatic carbocycles. The van der Waals surface area contributed by atoms with E-state index in [1.54, 1.807) is 30.3 Å². The molecule has 0 saturated carbocycles. The largest absolute Gasteiger partial charge is 0.494 e. The van der Waals surface area contributed by atoms with Gasteiger partial charge >= 0.3 is 0 Å². The zero-order valence-electron chi connectivity index (χ0n) is 17.1. The van der Waals surface area contributed by atoms with Gasteiger partial charge in [-0.1, -0.05) is 35.1 Å². The van der Waals surface area contributed by atoms with E-state index in [0.29, 0.717) is 32.9 Å². The fourth-order valence-corrected chi connectivity index (χ4v) is 4.73. The van der Waals surface area contributed by atoms with Crippen molar-refractivity contribution in [3.05, 3.63) is 71.0 Å². The lowest BCUT2D eigenvalue weighted by Crippen LogP contribution is -2.32. The molecule has 32 heavy (non-hydrogen) atoms. The van der Waals surface area contributed by atoms with Gasteiger partial charge < -0.3 is 14.2 Å². The summed E-state index contributed by atoms with van der Waals surface area (Å²) in [6.45, 7) is 0.469. The van der Waals surface area contributed by atoms with Crippen LogP contribution in [0.5, 0.6) is 17.2 Å². The van der Waals surface area contributed by atoms with Gasteiger partial charge in [0.15, 0.2) is 16.6 Å². The lowest BCUT2D eigenvalue weighted by atomic mass is 10.1. The smallest absolute Gasteiger partial charge is 0.233 e. The molecule has 0 N–H and O–H groups in total. The molecule has 9 heteroatoms. The monoisotopic (exact) mass is 467 g/mol. The number of fused-ring (bicyclic) bond motifs is 2. The third-order valence-electron chi connectivity index (χ3n) is 5.04. The number of anilines is 1. The molecule has 0 bridgehead atoms. The van der Waals surface area contributed by atoms with Crippen molar-refractivity contribution < 1.29 is 19.0 Å². The lowest BCUT2D eigenvalue weighted by molar-refractivity contribution is -0.118. The summed E-state index contributed by atoms with van der Waals surface area (Å²) in [7, 11) is 1.58. The van der Waals surface area contributed by atoms with E-state index in [1.807, 2.05) is 36.4 Å². The molecule has 5 rings (SSSR count). The molecular weight excluding hydrogens is 450 g/mol. The highest BCUT2D eigenvalue weighted by atomic mass is 35.5. The van der Waals surface area contributed by atoms with Gasteiger partial charge in [0.05, 0.1) is 35.5 Å². The van der Waals surface area contributed by atoms with Crippen LogP contribution in [0.15, 0.2) is 54.7 Å². The number of pyridine rings is 1. The van der Waals surface area contributed by atoms with E-state index in [4.69, 9.17) is 30.8 Å². The Bertz CT molecular complexity index is 1300. The fraction of sp³-hybridized carbons (Fsp3) is 0.174. The summed E-state index contributed by atoms with van der Waals surface area (Å²) in [5.74, 6) is 1.80. The first-order chi connectivity index (χ1) is 15.6. The van der Waals surface area contributed by atoms with Crippen molar-refractivity contribution in [3.63, 3.8) is 0 Å². The number of hydrogen-bond donors (Lipinski definition) is 0. The predicted octanol–water partition coefficient (Wildman–Crippen LogP) is 4.86. The quantitative estimate of drug-likeness (QED) is 0.403. The minimum absolute atomic E-state index is 0.122. The van der Waals surface area contributed by atoms with Crippen molar-refractivity contribution >= 4 is 44.2 Å². The van der Waals surface area contributed by atoms with E-state index in [1.165, 1.54) is 11.3 Å². The maximum atomic E-state index is 13.5. The molecule has 0 atom stereocenters. The molecule has 0 radical (unpaired) electrons. The Morgan fingerprint density at radius 3 is 2.88 bits per heavy atom. The van der Waals surface area contributed by atoms with Crippen LogP contribution < -0.4 is 19.1 Å². The minimum Gasteiger partial charge on any atom is -0.494 e. The summed E-state index contributed by atoms with van der Waals surface area (Å²) in [4.78, 5) is 24.2. The van der Waals surface area contributed by atoms with Gasteiger partial charge in [0.1, 0.15) is 11.3 Å². The van der Waals surface area contributed by atoms with Gasteiger partial charge in [-0.15, -0.1) is 0 Å². The summed E-state index contributed by atoms with van der Waals surface area (Å²) in [5.41, 5.74) is 2.20. The van der Waals surface area contributed by atoms with Gasteiger partial charge in [0.25, 0.3) is 0 Å². The molecular formula is C23H18ClN3O4S. The summed E-state index contributed by atoms with van der Waals surface area (Å²) < 4.78 is 17.0. The third-order valence-corrected chi connectivity index (χ3v) is 6.58. The first-order valence-electron chi connectivity index (χ1n) is 9.84. The Morgan fingerprint density at radius 1 is 1.19 bits per heavy atom. The molecule has 7 nitrogen and oxygen atoms in total. The Balaban J connectivity index is 1.51. The number of aromatic nitrogens is 2. The molecule has 4 aromatic rings. The van der Waals surface area contributed by atoms with E-state index in [-0.39, 0.29) is 25.7 Å². The Morgan fingerprint density at radius 2 is 2.06 bits per heavy atom. The van der Waals surface area contributed by atoms with Crippen LogP contribution in [0.3, 0.4) is 0 Å². The second kappa shape index (κ2) is 8.64. The molecule has 0 saturated heterocycles. The molecule has 2 aromatic heterocycles. The van der Waals surface area contributed by atoms with E-state index in [9.17, 15) is 4.79 Å². The van der Waals surface area contributed by atoms with Crippen LogP contribution in [0, 0.1) is 0 Å². The number of amides is 1. The number of benzene rings is 2. The Kier molecular flexibility index (Phi) is 5.55. The molecule has 1 aliphatic rings. The number of nitrogens with zero attached hydrogens (tertiary/aromatic N) is 3. The highest BCUT2D eigenvalue weighted by Gasteiger charge is 2.24. The molecule has 162 valence electrons. The van der Waals surface area contributed by atoms with E-state index >= 15 is 0 Å². The first kappa shape index (κ1) is 20.5. The summed E-state index contributed by atoms with van der Waals surface area (Å²) in [5, 5.41) is 1.09. The molecule has 0 unspecified atom stereocenters. The van der Waals surface area contributed by atoms with Gasteiger partial charge in [-0.05, 0) is 42.0 Å². The van der Waals surface area contributed by atoms with Crippen molar-refractivity contribution in [2.24, 2.45) is 0 Å². The number of carbonyl (C=O) groups is 1. The molecule has 3 heterocycles. The molecule has 0 aliphatic carbocycles. The highest BCUT2D eigenvalue weighted by Crippen LogP contribution is 2.39.